The van der Waals surface area contributed by atoms with Gasteiger partial charge in [0.2, 0.25) is 0 Å². The molecule has 0 aliphatic heterocycles. The lowest BCUT2D eigenvalue weighted by molar-refractivity contribution is 0.219. The van der Waals surface area contributed by atoms with Crippen LogP contribution >= 0.6 is 0 Å². The van der Waals surface area contributed by atoms with E-state index in [0.29, 0.717) is 0 Å². The highest BCUT2D eigenvalue weighted by atomic mass is 16.3. The van der Waals surface area contributed by atoms with Crippen molar-refractivity contribution >= 4 is 10.9 Å². The van der Waals surface area contributed by atoms with Crippen LogP contribution < -0.4 is 0 Å². The number of aliphatic hydroxyl groups is 1. The van der Waals surface area contributed by atoms with E-state index in [4.69, 9.17) is 0 Å². The van der Waals surface area contributed by atoms with E-state index < -0.39 is 6.10 Å². The van der Waals surface area contributed by atoms with Crippen LogP contribution in [0.1, 0.15) is 25.6 Å². The Kier molecular flexibility index (Phi) is 3.48. The Morgan fingerprint density at radius 1 is 1.41 bits per heavy atom. The van der Waals surface area contributed by atoms with Gasteiger partial charge in [0.15, 0.2) is 0 Å². The third-order valence-electron chi connectivity index (χ3n) is 2.88. The lowest BCUT2D eigenvalue weighted by Gasteiger charge is -2.10. The quantitative estimate of drug-likeness (QED) is 0.798. The molecule has 0 amide bonds. The summed E-state index contributed by atoms with van der Waals surface area (Å²) in [4.78, 5) is 0. The molecule has 0 fully saturated rings. The van der Waals surface area contributed by atoms with Crippen molar-refractivity contribution in [2.75, 3.05) is 0 Å². The highest BCUT2D eigenvalue weighted by Crippen LogP contribution is 2.24. The van der Waals surface area contributed by atoms with Crippen molar-refractivity contribution in [1.29, 1.82) is 0 Å². The fraction of sp³-hybridized carbons (Fsp3) is 0.267. The Morgan fingerprint density at radius 3 is 2.88 bits per heavy atom. The molecule has 2 heteroatoms. The molecule has 1 unspecified atom stereocenters. The molecule has 17 heavy (non-hydrogen) atoms. The molecule has 0 bridgehead atoms. The van der Waals surface area contributed by atoms with Crippen LogP contribution in [0.3, 0.4) is 0 Å². The summed E-state index contributed by atoms with van der Waals surface area (Å²) in [6.45, 7) is 4.82. The second kappa shape index (κ2) is 5.05. The average Bonchev–Trinajstić information content (AvgIpc) is 2.74. The second-order valence-corrected chi connectivity index (χ2v) is 3.94. The molecule has 1 heterocycles. The number of para-hydroxylation sites is 1. The summed E-state index contributed by atoms with van der Waals surface area (Å²) in [5.41, 5.74) is 5.01. The molecule has 1 aromatic carbocycles. The van der Waals surface area contributed by atoms with Crippen LogP contribution in [0.25, 0.3) is 10.9 Å². The minimum atomic E-state index is -0.599. The number of nitrogens with zero attached hydrogens (tertiary/aromatic N) is 1. The zero-order valence-electron chi connectivity index (χ0n) is 10.2. The summed E-state index contributed by atoms with van der Waals surface area (Å²) in [5.74, 6) is 0. The Labute approximate surface area is 102 Å². The van der Waals surface area contributed by atoms with Gasteiger partial charge in [-0.15, -0.1) is 5.73 Å². The summed E-state index contributed by atoms with van der Waals surface area (Å²) in [7, 11) is 0. The van der Waals surface area contributed by atoms with Gasteiger partial charge in [-0.1, -0.05) is 18.2 Å². The molecule has 2 nitrogen and oxygen atoms in total. The maximum absolute atomic E-state index is 10.1. The van der Waals surface area contributed by atoms with Crippen LogP contribution in [0.15, 0.2) is 48.2 Å². The first-order valence-electron chi connectivity index (χ1n) is 5.91. The number of aromatic nitrogens is 1. The number of rotatable bonds is 3. The van der Waals surface area contributed by atoms with Crippen molar-refractivity contribution in [3.05, 3.63) is 53.9 Å². The van der Waals surface area contributed by atoms with Gasteiger partial charge in [-0.3, -0.25) is 0 Å². The van der Waals surface area contributed by atoms with E-state index in [0.717, 1.165) is 23.1 Å². The highest BCUT2D eigenvalue weighted by Gasteiger charge is 2.12. The summed E-state index contributed by atoms with van der Waals surface area (Å²) in [6.07, 6.45) is 2.88. The van der Waals surface area contributed by atoms with Gasteiger partial charge in [0.1, 0.15) is 6.10 Å². The van der Waals surface area contributed by atoms with Crippen molar-refractivity contribution < 1.29 is 5.11 Å². The SMILES string of the molecule is CC=C=CC(O)c1cc2ccccc2n1CC. The maximum atomic E-state index is 10.1. The van der Waals surface area contributed by atoms with E-state index in [1.807, 2.05) is 25.1 Å². The van der Waals surface area contributed by atoms with E-state index in [9.17, 15) is 5.11 Å². The molecule has 0 aliphatic carbocycles. The Morgan fingerprint density at radius 2 is 2.18 bits per heavy atom. The third kappa shape index (κ3) is 2.19. The van der Waals surface area contributed by atoms with E-state index in [2.05, 4.69) is 29.4 Å². The fourth-order valence-corrected chi connectivity index (χ4v) is 2.10. The first-order chi connectivity index (χ1) is 8.27. The van der Waals surface area contributed by atoms with Gasteiger partial charge in [0.25, 0.3) is 0 Å². The van der Waals surface area contributed by atoms with Gasteiger partial charge in [0.05, 0.1) is 5.69 Å². The fourth-order valence-electron chi connectivity index (χ4n) is 2.10. The lowest BCUT2D eigenvalue weighted by atomic mass is 10.2. The van der Waals surface area contributed by atoms with E-state index in [-0.39, 0.29) is 0 Å². The molecular weight excluding hydrogens is 210 g/mol. The molecule has 0 aliphatic rings. The van der Waals surface area contributed by atoms with E-state index in [1.54, 1.807) is 12.2 Å². The smallest absolute Gasteiger partial charge is 0.119 e. The van der Waals surface area contributed by atoms with Gasteiger partial charge in [-0.05, 0) is 43.5 Å². The van der Waals surface area contributed by atoms with Crippen LogP contribution in [-0.4, -0.2) is 9.67 Å². The summed E-state index contributed by atoms with van der Waals surface area (Å²) < 4.78 is 2.13. The normalized spacial score (nSPS) is 12.2. The van der Waals surface area contributed by atoms with Crippen molar-refractivity contribution in [3.8, 4) is 0 Å². The number of aryl methyl sites for hydroxylation is 1. The molecular formula is C15H17NO. The molecule has 0 saturated heterocycles. The predicted octanol–water partition coefficient (Wildman–Crippen LogP) is 3.43. The van der Waals surface area contributed by atoms with Gasteiger partial charge in [-0.2, -0.15) is 0 Å². The third-order valence-corrected chi connectivity index (χ3v) is 2.88. The lowest BCUT2D eigenvalue weighted by Crippen LogP contribution is -2.04. The van der Waals surface area contributed by atoms with Crippen LogP contribution in [-0.2, 0) is 6.54 Å². The standard InChI is InChI=1S/C15H17NO/c1-3-5-10-15(17)14-11-12-8-6-7-9-13(12)16(14)4-2/h3,6-11,15,17H,4H2,1-2H3. The topological polar surface area (TPSA) is 25.2 Å². The van der Waals surface area contributed by atoms with Crippen LogP contribution in [0, 0.1) is 0 Å². The molecule has 2 rings (SSSR count). The zero-order chi connectivity index (χ0) is 12.3. The minimum absolute atomic E-state index is 0.599. The summed E-state index contributed by atoms with van der Waals surface area (Å²) in [6, 6.07) is 10.2. The molecule has 1 atom stereocenters. The molecule has 2 aromatic rings. The predicted molar refractivity (Wildman–Crippen MR) is 70.9 cm³/mol. The molecule has 1 aromatic heterocycles. The van der Waals surface area contributed by atoms with Gasteiger partial charge in [0, 0.05) is 12.1 Å². The highest BCUT2D eigenvalue weighted by molar-refractivity contribution is 5.81. The molecule has 0 spiro atoms. The van der Waals surface area contributed by atoms with Gasteiger partial charge < -0.3 is 9.67 Å². The van der Waals surface area contributed by atoms with E-state index >= 15 is 0 Å². The molecule has 0 saturated carbocycles. The van der Waals surface area contributed by atoms with Crippen LogP contribution in [0.2, 0.25) is 0 Å². The number of hydrogen-bond donors (Lipinski definition) is 1. The number of hydrogen-bond acceptors (Lipinski definition) is 1. The summed E-state index contributed by atoms with van der Waals surface area (Å²) >= 11 is 0. The van der Waals surface area contributed by atoms with Crippen molar-refractivity contribution in [1.82, 2.24) is 4.57 Å². The van der Waals surface area contributed by atoms with Crippen LogP contribution in [0.5, 0.6) is 0 Å². The minimum Gasteiger partial charge on any atom is -0.382 e. The zero-order valence-corrected chi connectivity index (χ0v) is 10.2. The van der Waals surface area contributed by atoms with Crippen LogP contribution in [0.4, 0.5) is 0 Å². The first-order valence-corrected chi connectivity index (χ1v) is 5.91. The number of benzene rings is 1. The summed E-state index contributed by atoms with van der Waals surface area (Å²) in [5, 5.41) is 11.3. The molecule has 1 N–H and O–H groups in total. The average molecular weight is 227 g/mol. The molecule has 0 radical (unpaired) electrons. The van der Waals surface area contributed by atoms with Crippen molar-refractivity contribution in [2.24, 2.45) is 0 Å². The van der Waals surface area contributed by atoms with E-state index in [1.165, 1.54) is 0 Å². The largest absolute Gasteiger partial charge is 0.382 e. The monoisotopic (exact) mass is 227 g/mol. The number of fused-ring (bicyclic) bond motifs is 1. The molecule has 88 valence electrons. The van der Waals surface area contributed by atoms with Gasteiger partial charge in [-0.25, -0.2) is 0 Å². The maximum Gasteiger partial charge on any atom is 0.119 e. The Bertz CT molecular complexity index is 574. The Balaban J connectivity index is 2.57. The van der Waals surface area contributed by atoms with Crippen molar-refractivity contribution in [3.63, 3.8) is 0 Å². The van der Waals surface area contributed by atoms with Crippen molar-refractivity contribution in [2.45, 2.75) is 26.5 Å². The number of aliphatic hydroxyl groups excluding tert-OH is 1. The second-order valence-electron chi connectivity index (χ2n) is 3.94. The Hall–Kier alpha value is -1.76. The first kappa shape index (κ1) is 11.7. The van der Waals surface area contributed by atoms with Gasteiger partial charge >= 0.3 is 0 Å².